The second-order valence-corrected chi connectivity index (χ2v) is 19.1. The molecule has 1 aliphatic heterocycles. The minimum absolute atomic E-state index is 0.128. The van der Waals surface area contributed by atoms with Crippen LogP contribution in [0.3, 0.4) is 0 Å². The highest BCUT2D eigenvalue weighted by molar-refractivity contribution is 6.13. The number of nitrogens with zero attached hydrogens (tertiary/aromatic N) is 2. The molecule has 2 unspecified atom stereocenters. The summed E-state index contributed by atoms with van der Waals surface area (Å²) < 4.78 is 21.0. The normalized spacial score (nSPS) is 14.8. The zero-order valence-corrected chi connectivity index (χ0v) is 39.5. The van der Waals surface area contributed by atoms with Crippen LogP contribution < -0.4 is 14.5 Å². The van der Waals surface area contributed by atoms with Crippen LogP contribution in [0.4, 0.5) is 28.4 Å². The van der Waals surface area contributed by atoms with Crippen LogP contribution in [0.2, 0.25) is 0 Å². The Morgan fingerprint density at radius 2 is 0.808 bits per heavy atom. The van der Waals surface area contributed by atoms with Crippen molar-refractivity contribution in [3.8, 4) is 28.0 Å². The Hall–Kier alpha value is -9.58. The zero-order chi connectivity index (χ0) is 48.0. The molecule has 11 aromatic carbocycles. The lowest BCUT2D eigenvalue weighted by molar-refractivity contribution is 0.223. The summed E-state index contributed by atoms with van der Waals surface area (Å²) >= 11 is 0. The second-order valence-electron chi connectivity index (χ2n) is 19.1. The zero-order valence-electron chi connectivity index (χ0n) is 39.5. The van der Waals surface area contributed by atoms with E-state index in [2.05, 4.69) is 252 Å². The minimum atomic E-state index is -0.268. The largest absolute Gasteiger partial charge is 0.484 e. The molecule has 5 nitrogen and oxygen atoms in total. The van der Waals surface area contributed by atoms with Crippen LogP contribution in [-0.2, 0) is 0 Å². The first kappa shape index (κ1) is 41.2. The predicted molar refractivity (Wildman–Crippen MR) is 300 cm³/mol. The summed E-state index contributed by atoms with van der Waals surface area (Å²) in [5.74, 6) is 0.731. The van der Waals surface area contributed by atoms with Crippen molar-refractivity contribution in [2.45, 2.75) is 12.0 Å². The van der Waals surface area contributed by atoms with Crippen LogP contribution in [-0.4, -0.2) is 0 Å². The van der Waals surface area contributed by atoms with Gasteiger partial charge in [0.05, 0.1) is 22.8 Å². The van der Waals surface area contributed by atoms with Crippen LogP contribution in [0, 0.1) is 0 Å². The number of anilines is 5. The number of para-hydroxylation sites is 4. The number of ether oxygens (including phenoxy) is 1. The van der Waals surface area contributed by atoms with Crippen LogP contribution in [0.1, 0.15) is 28.7 Å². The van der Waals surface area contributed by atoms with Crippen molar-refractivity contribution < 1.29 is 13.6 Å². The van der Waals surface area contributed by atoms with Crippen molar-refractivity contribution in [3.05, 3.63) is 271 Å². The Bertz CT molecular complexity index is 4310. The van der Waals surface area contributed by atoms with E-state index in [1.165, 1.54) is 16.7 Å². The van der Waals surface area contributed by atoms with Crippen LogP contribution >= 0.6 is 0 Å². The quantitative estimate of drug-likeness (QED) is 0.152. The maximum atomic E-state index is 7.40. The fourth-order valence-corrected chi connectivity index (χ4v) is 11.7. The molecule has 0 saturated carbocycles. The van der Waals surface area contributed by atoms with Gasteiger partial charge in [-0.1, -0.05) is 194 Å². The lowest BCUT2D eigenvalue weighted by atomic mass is 9.80. The maximum absolute atomic E-state index is 7.40. The van der Waals surface area contributed by atoms with E-state index in [1.54, 1.807) is 0 Å². The molecule has 344 valence electrons. The van der Waals surface area contributed by atoms with E-state index in [0.717, 1.165) is 117 Å². The van der Waals surface area contributed by atoms with E-state index >= 15 is 0 Å². The molecule has 2 aliphatic rings. The Balaban J connectivity index is 0.942. The molecule has 0 fully saturated rings. The van der Waals surface area contributed by atoms with Crippen molar-refractivity contribution >= 4 is 88.8 Å². The first-order valence-corrected chi connectivity index (χ1v) is 25.0. The van der Waals surface area contributed by atoms with E-state index in [4.69, 9.17) is 13.6 Å². The fraction of sp³-hybridized carbons (Fsp3) is 0.0294. The second kappa shape index (κ2) is 16.5. The van der Waals surface area contributed by atoms with Crippen molar-refractivity contribution in [3.63, 3.8) is 0 Å². The Labute approximate surface area is 421 Å². The number of benzene rings is 11. The third kappa shape index (κ3) is 6.56. The molecular formula is C68H44N2O3. The predicted octanol–water partition coefficient (Wildman–Crippen LogP) is 18.9. The molecule has 15 rings (SSSR count). The smallest absolute Gasteiger partial charge is 0.159 e. The summed E-state index contributed by atoms with van der Waals surface area (Å²) in [7, 11) is 0. The maximum Gasteiger partial charge on any atom is 0.159 e. The number of hydrogen-bond acceptors (Lipinski definition) is 5. The number of rotatable bonds is 8. The molecule has 1 aliphatic carbocycles. The van der Waals surface area contributed by atoms with Gasteiger partial charge < -0.3 is 23.4 Å². The summed E-state index contributed by atoms with van der Waals surface area (Å²) in [5, 5.41) is 6.57. The van der Waals surface area contributed by atoms with E-state index in [-0.39, 0.29) is 12.0 Å². The highest BCUT2D eigenvalue weighted by atomic mass is 16.5. The molecule has 0 N–H and O–H groups in total. The van der Waals surface area contributed by atoms with E-state index in [0.29, 0.717) is 0 Å². The lowest BCUT2D eigenvalue weighted by Gasteiger charge is -2.34. The van der Waals surface area contributed by atoms with Gasteiger partial charge in [-0.2, -0.15) is 0 Å². The van der Waals surface area contributed by atoms with Gasteiger partial charge in [0.25, 0.3) is 0 Å². The van der Waals surface area contributed by atoms with Crippen molar-refractivity contribution in [2.75, 3.05) is 9.80 Å². The van der Waals surface area contributed by atoms with Crippen LogP contribution in [0.25, 0.3) is 82.6 Å². The molecule has 0 bridgehead atoms. The molecule has 2 atom stereocenters. The van der Waals surface area contributed by atoms with Gasteiger partial charge in [0.2, 0.25) is 0 Å². The van der Waals surface area contributed by atoms with E-state index < -0.39 is 0 Å². The molecular weight excluding hydrogens is 893 g/mol. The summed E-state index contributed by atoms with van der Waals surface area (Å²) in [5.41, 5.74) is 17.5. The van der Waals surface area contributed by atoms with Gasteiger partial charge in [-0.25, -0.2) is 0 Å². The summed E-state index contributed by atoms with van der Waals surface area (Å²) in [6.45, 7) is 0. The molecule has 0 spiro atoms. The molecule has 5 heteroatoms. The van der Waals surface area contributed by atoms with Crippen LogP contribution in [0.5, 0.6) is 5.75 Å². The van der Waals surface area contributed by atoms with Crippen molar-refractivity contribution in [1.82, 2.24) is 0 Å². The fourth-order valence-electron chi connectivity index (χ4n) is 11.7. The van der Waals surface area contributed by atoms with E-state index in [1.807, 2.05) is 12.1 Å². The average Bonchev–Trinajstić information content (AvgIpc) is 4.17. The molecule has 0 saturated heterocycles. The molecule has 0 amide bonds. The highest BCUT2D eigenvalue weighted by Crippen LogP contribution is 2.58. The number of fused-ring (bicyclic) bond motifs is 13. The van der Waals surface area contributed by atoms with Gasteiger partial charge >= 0.3 is 0 Å². The van der Waals surface area contributed by atoms with Gasteiger partial charge in [-0.15, -0.1) is 0 Å². The van der Waals surface area contributed by atoms with Crippen molar-refractivity contribution in [1.29, 1.82) is 0 Å². The first-order chi connectivity index (χ1) is 36.2. The first-order valence-electron chi connectivity index (χ1n) is 25.0. The third-order valence-corrected chi connectivity index (χ3v) is 15.0. The number of furan rings is 2. The summed E-state index contributed by atoms with van der Waals surface area (Å²) in [6.07, 6.45) is 2.18. The standard InChI is InChI=1S/C68H44N2O3/c1-3-17-43(18-4-1)45-33-37-47(38-34-45)69(58-29-15-27-55-51-23-11-13-31-62(51)71-67(55)58)60-41-57-65-53-25-9-7-21-49(53)61(42-64(65)73-66(57)54-26-10-8-22-50(54)60)70(48-39-35-46(36-40-48)44-19-5-2-6-20-44)59-30-16-28-56-52-24-12-14-32-63(52)72-68(56)59/h1-42,57,66H. The summed E-state index contributed by atoms with van der Waals surface area (Å²) in [4.78, 5) is 4.76. The summed E-state index contributed by atoms with van der Waals surface area (Å²) in [6, 6.07) is 88.4. The topological polar surface area (TPSA) is 42.0 Å². The monoisotopic (exact) mass is 936 g/mol. The highest BCUT2D eigenvalue weighted by Gasteiger charge is 2.43. The Morgan fingerprint density at radius 3 is 1.41 bits per heavy atom. The molecule has 0 radical (unpaired) electrons. The molecule has 73 heavy (non-hydrogen) atoms. The van der Waals surface area contributed by atoms with Gasteiger partial charge in [0, 0.05) is 67.0 Å². The average molecular weight is 937 g/mol. The minimum Gasteiger partial charge on any atom is -0.484 e. The van der Waals surface area contributed by atoms with Gasteiger partial charge in [0.1, 0.15) is 23.0 Å². The Morgan fingerprint density at radius 1 is 0.342 bits per heavy atom. The van der Waals surface area contributed by atoms with Crippen molar-refractivity contribution in [2.24, 2.45) is 0 Å². The lowest BCUT2D eigenvalue weighted by Crippen LogP contribution is -2.23. The van der Waals surface area contributed by atoms with Gasteiger partial charge in [0.15, 0.2) is 11.2 Å². The Kier molecular flexibility index (Phi) is 9.32. The SMILES string of the molecule is C1=C(N(c2ccc(-c3ccccc3)cc2)c2cccc3c2oc2ccccc23)c2ccccc2C2Oc3cc(N(c4ccc(-c5ccccc5)cc4)c4cccc5c4oc4ccccc45)c4ccccc4c3C12. The molecule has 2 aromatic heterocycles. The molecule has 3 heterocycles. The van der Waals surface area contributed by atoms with Gasteiger partial charge in [-0.3, -0.25) is 0 Å². The number of hydrogen-bond donors (Lipinski definition) is 0. The third-order valence-electron chi connectivity index (χ3n) is 15.0. The molecule has 13 aromatic rings. The van der Waals surface area contributed by atoms with Gasteiger partial charge in [-0.05, 0) is 82.2 Å². The van der Waals surface area contributed by atoms with Crippen LogP contribution in [0.15, 0.2) is 264 Å². The van der Waals surface area contributed by atoms with E-state index in [9.17, 15) is 0 Å².